The van der Waals surface area contributed by atoms with Crippen molar-refractivity contribution < 1.29 is 39.2 Å². The maximum Gasteiger partial charge on any atom is 0.255 e. The molecule has 42 heavy (non-hydrogen) atoms. The summed E-state index contributed by atoms with van der Waals surface area (Å²) >= 11 is 0. The molecule has 0 aliphatic heterocycles. The molecule has 1 aromatic carbocycles. The Kier molecular flexibility index (Phi) is 7.31. The number of allylic oxidation sites excluding steroid dienone is 1. The quantitative estimate of drug-likeness (QED) is 0.316. The number of carbonyl (C=O) groups excluding carboxylic acids is 3. The van der Waals surface area contributed by atoms with Crippen LogP contribution in [0.1, 0.15) is 67.4 Å². The monoisotopic (exact) mass is 585 g/mol. The van der Waals surface area contributed by atoms with Crippen LogP contribution in [0.4, 0.5) is 4.39 Å². The zero-order valence-corrected chi connectivity index (χ0v) is 24.7. The molecule has 0 heterocycles. The number of carbonyl (C=O) groups is 3. The highest BCUT2D eigenvalue weighted by molar-refractivity contribution is 6.24. The van der Waals surface area contributed by atoms with Gasteiger partial charge in [0.05, 0.1) is 11.6 Å². The van der Waals surface area contributed by atoms with Gasteiger partial charge in [-0.25, -0.2) is 4.39 Å². The molecule has 1 saturated carbocycles. The van der Waals surface area contributed by atoms with Crippen molar-refractivity contribution in [2.24, 2.45) is 23.5 Å². The maximum atomic E-state index is 16.4. The summed E-state index contributed by atoms with van der Waals surface area (Å²) in [5, 5.41) is 45.1. The third-order valence-electron chi connectivity index (χ3n) is 10.3. The summed E-state index contributed by atoms with van der Waals surface area (Å²) in [5.74, 6) is -7.70. The van der Waals surface area contributed by atoms with Crippen molar-refractivity contribution in [2.75, 3.05) is 27.7 Å². The fraction of sp³-hybridized carbons (Fsp3) is 0.581. The average molecular weight is 586 g/mol. The number of phenols is 1. The smallest absolute Gasteiger partial charge is 0.255 e. The number of fused-ring (bicyclic) bond motifs is 3. The third-order valence-corrected chi connectivity index (χ3v) is 10.3. The Hall–Kier alpha value is -3.28. The Labute approximate surface area is 244 Å². The number of aliphatic hydroxyl groups excluding tert-OH is 2. The van der Waals surface area contributed by atoms with Gasteiger partial charge in [-0.15, -0.1) is 0 Å². The lowest BCUT2D eigenvalue weighted by molar-refractivity contribution is -0.148. The van der Waals surface area contributed by atoms with Crippen LogP contribution in [-0.4, -0.2) is 87.0 Å². The normalized spacial score (nSPS) is 28.5. The molecule has 228 valence electrons. The zero-order chi connectivity index (χ0) is 31.0. The summed E-state index contributed by atoms with van der Waals surface area (Å²) in [5.41, 5.74) is 0.546. The highest BCUT2D eigenvalue weighted by Gasteiger charge is 2.63. The van der Waals surface area contributed by atoms with E-state index in [0.717, 1.165) is 19.4 Å². The van der Waals surface area contributed by atoms with Gasteiger partial charge in [-0.1, -0.05) is 12.8 Å². The van der Waals surface area contributed by atoms with Gasteiger partial charge in [0.1, 0.15) is 28.7 Å². The molecule has 0 aromatic heterocycles. The Balaban J connectivity index is 1.61. The predicted molar refractivity (Wildman–Crippen MR) is 151 cm³/mol. The number of amides is 1. The van der Waals surface area contributed by atoms with E-state index in [4.69, 9.17) is 5.73 Å². The first-order chi connectivity index (χ1) is 19.5. The third kappa shape index (κ3) is 4.19. The molecule has 1 amide bonds. The molecule has 10 nitrogen and oxygen atoms in total. The first-order valence-corrected chi connectivity index (χ1v) is 14.5. The van der Waals surface area contributed by atoms with Gasteiger partial charge in [-0.3, -0.25) is 24.2 Å². The van der Waals surface area contributed by atoms with Crippen molar-refractivity contribution in [3.8, 4) is 5.75 Å². The van der Waals surface area contributed by atoms with E-state index in [-0.39, 0.29) is 35.1 Å². The SMILES string of the molecule is CN(C)[C@@H]1C(O)=C(C(N)=O)C(=O)[C@@]2(O)C(O)=C3C(=O)c4c(O)cc(C(C)(C)N(C)CC5CCCC5)c(F)c4C[C@H]3C[C@@H]12. The molecule has 0 bridgehead atoms. The second kappa shape index (κ2) is 10.2. The zero-order valence-electron chi connectivity index (χ0n) is 24.7. The molecule has 0 saturated heterocycles. The van der Waals surface area contributed by atoms with E-state index in [1.165, 1.54) is 23.8 Å². The van der Waals surface area contributed by atoms with E-state index in [9.17, 15) is 34.8 Å². The van der Waals surface area contributed by atoms with Crippen LogP contribution in [0.2, 0.25) is 0 Å². The summed E-state index contributed by atoms with van der Waals surface area (Å²) in [4.78, 5) is 42.9. The summed E-state index contributed by atoms with van der Waals surface area (Å²) in [6, 6.07) is 0.137. The summed E-state index contributed by atoms with van der Waals surface area (Å²) in [6.45, 7) is 4.50. The highest BCUT2D eigenvalue weighted by atomic mass is 19.1. The number of halogens is 1. The second-order valence-electron chi connectivity index (χ2n) is 13.2. The molecule has 4 atom stereocenters. The van der Waals surface area contributed by atoms with Crippen LogP contribution >= 0.6 is 0 Å². The van der Waals surface area contributed by atoms with E-state index in [1.807, 2.05) is 20.9 Å². The van der Waals surface area contributed by atoms with Gasteiger partial charge in [0.15, 0.2) is 11.4 Å². The van der Waals surface area contributed by atoms with Crippen LogP contribution < -0.4 is 5.73 Å². The molecule has 4 aliphatic carbocycles. The van der Waals surface area contributed by atoms with Crippen molar-refractivity contribution in [3.05, 3.63) is 51.2 Å². The molecular weight excluding hydrogens is 545 g/mol. The number of nitrogens with zero attached hydrogens (tertiary/aromatic N) is 2. The molecule has 0 spiro atoms. The Morgan fingerprint density at radius 1 is 1.14 bits per heavy atom. The van der Waals surface area contributed by atoms with Crippen LogP contribution in [0, 0.1) is 23.6 Å². The Morgan fingerprint density at radius 3 is 2.33 bits per heavy atom. The summed E-state index contributed by atoms with van der Waals surface area (Å²) in [6.07, 6.45) is 4.39. The summed E-state index contributed by atoms with van der Waals surface area (Å²) in [7, 11) is 5.03. The van der Waals surface area contributed by atoms with Gasteiger partial charge in [0.25, 0.3) is 5.91 Å². The number of Topliss-reactive ketones (excluding diaryl/α,β-unsaturated/α-hetero) is 2. The van der Waals surface area contributed by atoms with Crippen LogP contribution in [0.5, 0.6) is 5.75 Å². The van der Waals surface area contributed by atoms with Gasteiger partial charge >= 0.3 is 0 Å². The lowest BCUT2D eigenvalue weighted by atomic mass is 9.58. The molecule has 0 unspecified atom stereocenters. The maximum absolute atomic E-state index is 16.4. The molecule has 1 fully saturated rings. The molecule has 11 heteroatoms. The van der Waals surface area contributed by atoms with E-state index in [0.29, 0.717) is 5.92 Å². The number of primary amides is 1. The van der Waals surface area contributed by atoms with Gasteiger partial charge < -0.3 is 26.2 Å². The van der Waals surface area contributed by atoms with Crippen LogP contribution in [0.3, 0.4) is 0 Å². The predicted octanol–water partition coefficient (Wildman–Crippen LogP) is 2.62. The first-order valence-electron chi connectivity index (χ1n) is 14.5. The fourth-order valence-electron chi connectivity index (χ4n) is 7.75. The summed E-state index contributed by atoms with van der Waals surface area (Å²) < 4.78 is 16.4. The minimum absolute atomic E-state index is 0.00505. The lowest BCUT2D eigenvalue weighted by Crippen LogP contribution is -2.63. The number of benzene rings is 1. The van der Waals surface area contributed by atoms with Crippen LogP contribution in [-0.2, 0) is 21.5 Å². The number of likely N-dealkylation sites (N-methyl/N-ethyl adjacent to an activating group) is 1. The number of ketones is 2. The van der Waals surface area contributed by atoms with E-state index < -0.39 is 75.1 Å². The first kappa shape index (κ1) is 30.2. The van der Waals surface area contributed by atoms with Crippen molar-refractivity contribution in [1.29, 1.82) is 0 Å². The lowest BCUT2D eigenvalue weighted by Gasteiger charge is -2.50. The number of aromatic hydroxyl groups is 1. The molecule has 1 aromatic rings. The average Bonchev–Trinajstić information content (AvgIpc) is 3.40. The van der Waals surface area contributed by atoms with Crippen molar-refractivity contribution >= 4 is 17.5 Å². The number of nitrogens with two attached hydrogens (primary N) is 1. The number of aliphatic hydroxyl groups is 3. The molecule has 0 radical (unpaired) electrons. The molecule has 6 N–H and O–H groups in total. The number of phenolic OH excluding ortho intramolecular Hbond substituents is 1. The minimum atomic E-state index is -2.73. The van der Waals surface area contributed by atoms with Gasteiger partial charge in [0.2, 0.25) is 5.78 Å². The van der Waals surface area contributed by atoms with Crippen LogP contribution in [0.15, 0.2) is 28.7 Å². The molecular formula is C31H40FN3O7. The minimum Gasteiger partial charge on any atom is -0.510 e. The van der Waals surface area contributed by atoms with Gasteiger partial charge in [0, 0.05) is 34.7 Å². The van der Waals surface area contributed by atoms with E-state index in [1.54, 1.807) is 14.1 Å². The Morgan fingerprint density at radius 2 is 1.76 bits per heavy atom. The largest absolute Gasteiger partial charge is 0.510 e. The van der Waals surface area contributed by atoms with Crippen molar-refractivity contribution in [3.63, 3.8) is 0 Å². The van der Waals surface area contributed by atoms with Gasteiger partial charge in [-0.05, 0) is 78.6 Å². The topological polar surface area (TPSA) is 165 Å². The van der Waals surface area contributed by atoms with E-state index in [2.05, 4.69) is 4.90 Å². The van der Waals surface area contributed by atoms with Gasteiger partial charge in [-0.2, -0.15) is 0 Å². The van der Waals surface area contributed by atoms with Crippen molar-refractivity contribution in [1.82, 2.24) is 9.80 Å². The standard InChI is InChI=1S/C31H40FN3O7/c1-30(2,35(5)13-14-8-6-7-9-14)17-12-19(36)21-16(23(17)32)10-15-11-18-24(34(3)4)26(38)22(29(33)41)28(40)31(18,42)27(39)20(15)25(21)37/h12,14-15,18,24,36,38-39,42H,6-11,13H2,1-5H3,(H2,33,41)/t15-,18-,24-,31-/m0/s1. The van der Waals surface area contributed by atoms with E-state index >= 15 is 4.39 Å². The fourth-order valence-corrected chi connectivity index (χ4v) is 7.75. The number of hydrogen-bond acceptors (Lipinski definition) is 9. The van der Waals surface area contributed by atoms with Crippen LogP contribution in [0.25, 0.3) is 0 Å². The Bertz CT molecular complexity index is 1440. The number of hydrogen-bond donors (Lipinski definition) is 5. The number of rotatable bonds is 6. The second-order valence-corrected chi connectivity index (χ2v) is 13.2. The molecule has 5 rings (SSSR count). The highest BCUT2D eigenvalue weighted by Crippen LogP contribution is 2.53. The molecule has 4 aliphatic rings. The van der Waals surface area contributed by atoms with Crippen molar-refractivity contribution in [2.45, 2.75) is 69.6 Å².